The maximum atomic E-state index is 13.0. The molecule has 3 fully saturated rings. The van der Waals surface area contributed by atoms with Gasteiger partial charge < -0.3 is 14.6 Å². The molecule has 0 bridgehead atoms. The highest BCUT2D eigenvalue weighted by atomic mass is 16.3. The molecule has 3 aliphatic rings. The number of hydrogen-bond donors (Lipinski definition) is 1. The molecule has 0 radical (unpaired) electrons. The Labute approximate surface area is 236 Å². The van der Waals surface area contributed by atoms with Crippen molar-refractivity contribution in [3.05, 3.63) is 71.0 Å². The lowest BCUT2D eigenvalue weighted by Crippen LogP contribution is -2.44. The molecule has 2 aliphatic heterocycles. The van der Waals surface area contributed by atoms with E-state index in [-0.39, 0.29) is 17.9 Å². The number of benzene rings is 2. The molecule has 40 heavy (non-hydrogen) atoms. The normalized spacial score (nSPS) is 19.5. The van der Waals surface area contributed by atoms with Crippen LogP contribution < -0.4 is 5.32 Å². The van der Waals surface area contributed by atoms with Crippen molar-refractivity contribution in [3.63, 3.8) is 0 Å². The maximum Gasteiger partial charge on any atom is 0.287 e. The first kappa shape index (κ1) is 26.7. The van der Waals surface area contributed by atoms with Gasteiger partial charge in [-0.1, -0.05) is 18.2 Å². The number of nitrogens with one attached hydrogen (secondary N) is 1. The van der Waals surface area contributed by atoms with Crippen molar-refractivity contribution >= 4 is 22.7 Å². The second kappa shape index (κ2) is 12.0. The number of Topliss-reactive ketones (excluding diaryl/α,β-unsaturated/α-hetero) is 1. The molecule has 6 rings (SSSR count). The first-order valence-corrected chi connectivity index (χ1v) is 14.8. The minimum Gasteiger partial charge on any atom is -0.451 e. The monoisotopic (exact) mass is 538 g/mol. The van der Waals surface area contributed by atoms with Gasteiger partial charge in [-0.3, -0.25) is 14.5 Å². The summed E-state index contributed by atoms with van der Waals surface area (Å²) in [6.07, 6.45) is 6.90. The number of rotatable bonds is 9. The number of nitrogens with zero attached hydrogens (tertiary/aromatic N) is 3. The van der Waals surface area contributed by atoms with Crippen molar-refractivity contribution < 1.29 is 14.0 Å². The van der Waals surface area contributed by atoms with Crippen molar-refractivity contribution in [2.45, 2.75) is 57.5 Å². The first-order valence-electron chi connectivity index (χ1n) is 14.8. The highest BCUT2D eigenvalue weighted by molar-refractivity contribution is 5.96. The van der Waals surface area contributed by atoms with E-state index in [1.54, 1.807) is 6.07 Å². The molecule has 208 valence electrons. The highest BCUT2D eigenvalue weighted by Gasteiger charge is 2.29. The second-order valence-electron chi connectivity index (χ2n) is 12.0. The van der Waals surface area contributed by atoms with Crippen molar-refractivity contribution in [2.24, 2.45) is 11.8 Å². The fourth-order valence-electron chi connectivity index (χ4n) is 6.20. The summed E-state index contributed by atoms with van der Waals surface area (Å²) in [5, 5.41) is 13.0. The van der Waals surface area contributed by atoms with Crippen molar-refractivity contribution in [2.75, 3.05) is 32.7 Å². The van der Waals surface area contributed by atoms with Crippen LogP contribution in [0.2, 0.25) is 0 Å². The molecular weight excluding hydrogens is 500 g/mol. The van der Waals surface area contributed by atoms with Crippen LogP contribution in [0.15, 0.2) is 52.9 Å². The Bertz CT molecular complexity index is 1390. The summed E-state index contributed by atoms with van der Waals surface area (Å²) in [6.45, 7) is 5.96. The van der Waals surface area contributed by atoms with Gasteiger partial charge in [-0.05, 0) is 99.0 Å². The van der Waals surface area contributed by atoms with Crippen LogP contribution in [0, 0.1) is 23.2 Å². The molecule has 3 aromatic rings. The van der Waals surface area contributed by atoms with Gasteiger partial charge >= 0.3 is 0 Å². The van der Waals surface area contributed by atoms with Crippen LogP contribution >= 0.6 is 0 Å². The number of hydrogen-bond acceptors (Lipinski definition) is 6. The molecule has 0 atom stereocenters. The third-order valence-corrected chi connectivity index (χ3v) is 8.85. The smallest absolute Gasteiger partial charge is 0.287 e. The van der Waals surface area contributed by atoms with Crippen LogP contribution in [0.1, 0.15) is 65.8 Å². The predicted molar refractivity (Wildman–Crippen MR) is 154 cm³/mol. The van der Waals surface area contributed by atoms with Crippen LogP contribution in [0.25, 0.3) is 11.0 Å². The average molecular weight is 539 g/mol. The molecule has 1 aliphatic carbocycles. The number of fused-ring (bicyclic) bond motifs is 1. The number of amides is 1. The Balaban J connectivity index is 0.980. The minimum atomic E-state index is -0.183. The third-order valence-electron chi connectivity index (χ3n) is 8.85. The summed E-state index contributed by atoms with van der Waals surface area (Å²) >= 11 is 0. The standard InChI is InChI=1S/C33H38N4O3/c34-20-23-1-3-24(4-2-23)22-37-15-11-29(12-16-37)35-33(39)32-19-28-17-26(7-8-31(28)40-32)18-30(38)27-9-13-36(14-10-27)21-25-5-6-25/h1-4,7-8,17,19,25,27,29H,5-6,9-16,18,21-22H2,(H,35,39). The van der Waals surface area contributed by atoms with E-state index in [1.165, 1.54) is 24.9 Å². The van der Waals surface area contributed by atoms with Gasteiger partial charge in [-0.2, -0.15) is 5.26 Å². The van der Waals surface area contributed by atoms with E-state index < -0.39 is 0 Å². The summed E-state index contributed by atoms with van der Waals surface area (Å²) in [6, 6.07) is 17.6. The lowest BCUT2D eigenvalue weighted by atomic mass is 9.89. The third kappa shape index (κ3) is 6.63. The molecule has 3 heterocycles. The highest BCUT2D eigenvalue weighted by Crippen LogP contribution is 2.31. The van der Waals surface area contributed by atoms with E-state index in [0.717, 1.165) is 75.3 Å². The van der Waals surface area contributed by atoms with Crippen LogP contribution in [0.4, 0.5) is 0 Å². The van der Waals surface area contributed by atoms with Crippen LogP contribution in [0.3, 0.4) is 0 Å². The van der Waals surface area contributed by atoms with Crippen LogP contribution in [-0.4, -0.2) is 60.3 Å². The van der Waals surface area contributed by atoms with Gasteiger partial charge in [0.15, 0.2) is 5.76 Å². The molecule has 1 amide bonds. The molecule has 0 spiro atoms. The fraction of sp³-hybridized carbons (Fsp3) is 0.485. The molecule has 0 unspecified atom stereocenters. The van der Waals surface area contributed by atoms with Crippen molar-refractivity contribution in [1.29, 1.82) is 5.26 Å². The fourth-order valence-corrected chi connectivity index (χ4v) is 6.20. The number of nitriles is 1. The number of carbonyl (C=O) groups excluding carboxylic acids is 2. The Morgan fingerprint density at radius 1 is 0.875 bits per heavy atom. The van der Waals surface area contributed by atoms with Crippen LogP contribution in [-0.2, 0) is 17.8 Å². The van der Waals surface area contributed by atoms with E-state index in [4.69, 9.17) is 9.68 Å². The molecule has 7 nitrogen and oxygen atoms in total. The summed E-state index contributed by atoms with van der Waals surface area (Å²) in [5.74, 6) is 1.53. The van der Waals surface area contributed by atoms with E-state index in [2.05, 4.69) is 21.2 Å². The number of ketones is 1. The lowest BCUT2D eigenvalue weighted by molar-refractivity contribution is -0.123. The van der Waals surface area contributed by atoms with E-state index in [1.807, 2.05) is 42.5 Å². The molecule has 2 aromatic carbocycles. The second-order valence-corrected chi connectivity index (χ2v) is 12.0. The van der Waals surface area contributed by atoms with Crippen LogP contribution in [0.5, 0.6) is 0 Å². The molecule has 7 heteroatoms. The van der Waals surface area contributed by atoms with Gasteiger partial charge in [0.25, 0.3) is 5.91 Å². The zero-order valence-corrected chi connectivity index (χ0v) is 23.1. The van der Waals surface area contributed by atoms with Gasteiger partial charge in [0, 0.05) is 49.9 Å². The summed E-state index contributed by atoms with van der Waals surface area (Å²) in [7, 11) is 0. The molecule has 2 saturated heterocycles. The van der Waals surface area contributed by atoms with E-state index in [9.17, 15) is 9.59 Å². The summed E-state index contributed by atoms with van der Waals surface area (Å²) < 4.78 is 5.88. The zero-order valence-electron chi connectivity index (χ0n) is 23.1. The Morgan fingerprint density at radius 2 is 1.57 bits per heavy atom. The van der Waals surface area contributed by atoms with Crippen molar-refractivity contribution in [3.8, 4) is 6.07 Å². The number of carbonyl (C=O) groups is 2. The number of piperidine rings is 2. The van der Waals surface area contributed by atoms with Gasteiger partial charge in [0.1, 0.15) is 11.4 Å². The van der Waals surface area contributed by atoms with Gasteiger partial charge in [0.05, 0.1) is 11.6 Å². The van der Waals surface area contributed by atoms with Crippen molar-refractivity contribution in [1.82, 2.24) is 15.1 Å². The number of likely N-dealkylation sites (tertiary alicyclic amines) is 2. The van der Waals surface area contributed by atoms with Gasteiger partial charge in [-0.25, -0.2) is 0 Å². The average Bonchev–Trinajstić information content (AvgIpc) is 3.69. The van der Waals surface area contributed by atoms with Gasteiger partial charge in [-0.15, -0.1) is 0 Å². The Hall–Kier alpha value is -3.47. The maximum absolute atomic E-state index is 13.0. The summed E-state index contributed by atoms with van der Waals surface area (Å²) in [4.78, 5) is 30.9. The Morgan fingerprint density at radius 3 is 2.27 bits per heavy atom. The van der Waals surface area contributed by atoms with E-state index in [0.29, 0.717) is 29.1 Å². The number of furan rings is 1. The topological polar surface area (TPSA) is 89.6 Å². The quantitative estimate of drug-likeness (QED) is 0.416. The zero-order chi connectivity index (χ0) is 27.5. The molecule has 1 saturated carbocycles. The largest absolute Gasteiger partial charge is 0.451 e. The lowest BCUT2D eigenvalue weighted by Gasteiger charge is -2.32. The first-order chi connectivity index (χ1) is 19.5. The minimum absolute atomic E-state index is 0.113. The molecule has 1 N–H and O–H groups in total. The molecule has 1 aromatic heterocycles. The van der Waals surface area contributed by atoms with E-state index >= 15 is 0 Å². The predicted octanol–water partition coefficient (Wildman–Crippen LogP) is 4.93. The Kier molecular flexibility index (Phi) is 7.99. The molecular formula is C33H38N4O3. The van der Waals surface area contributed by atoms with Gasteiger partial charge in [0.2, 0.25) is 0 Å². The SMILES string of the molecule is N#Cc1ccc(CN2CCC(NC(=O)c3cc4cc(CC(=O)C5CCN(CC6CC6)CC5)ccc4o3)CC2)cc1. The summed E-state index contributed by atoms with van der Waals surface area (Å²) in [5.41, 5.74) is 3.53.